The van der Waals surface area contributed by atoms with E-state index in [2.05, 4.69) is 0 Å². The van der Waals surface area contributed by atoms with E-state index in [9.17, 15) is 29.9 Å². The van der Waals surface area contributed by atoms with Crippen molar-refractivity contribution in [2.45, 2.75) is 12.8 Å². The molecule has 0 radical (unpaired) electrons. The number of benzene rings is 3. The first-order chi connectivity index (χ1) is 16.7. The highest BCUT2D eigenvalue weighted by Crippen LogP contribution is 2.39. The van der Waals surface area contributed by atoms with Crippen LogP contribution in [-0.2, 0) is 17.6 Å². The van der Waals surface area contributed by atoms with Crippen molar-refractivity contribution in [3.05, 3.63) is 98.9 Å². The van der Waals surface area contributed by atoms with Crippen molar-refractivity contribution in [1.29, 1.82) is 0 Å². The van der Waals surface area contributed by atoms with Gasteiger partial charge in [-0.15, -0.1) is 11.3 Å². The van der Waals surface area contributed by atoms with E-state index in [1.807, 2.05) is 30.3 Å². The molecular formula is C26H19NO7S. The summed E-state index contributed by atoms with van der Waals surface area (Å²) in [5, 5.41) is 40.0. The molecule has 1 aromatic heterocycles. The van der Waals surface area contributed by atoms with Gasteiger partial charge >= 0.3 is 5.97 Å². The molecule has 0 aliphatic carbocycles. The van der Waals surface area contributed by atoms with Crippen molar-refractivity contribution in [3.63, 3.8) is 0 Å². The summed E-state index contributed by atoms with van der Waals surface area (Å²) in [6.45, 7) is 0. The van der Waals surface area contributed by atoms with Crippen LogP contribution >= 0.6 is 11.3 Å². The molecule has 0 bridgehead atoms. The van der Waals surface area contributed by atoms with E-state index in [1.54, 1.807) is 24.3 Å². The van der Waals surface area contributed by atoms with Crippen molar-refractivity contribution in [2.24, 2.45) is 0 Å². The van der Waals surface area contributed by atoms with Gasteiger partial charge in [-0.1, -0.05) is 42.5 Å². The molecule has 0 saturated carbocycles. The third kappa shape index (κ3) is 5.20. The number of nitrogens with zero attached hydrogens (tertiary/aromatic N) is 1. The minimum Gasteiger partial charge on any atom is -0.504 e. The smallest absolute Gasteiger partial charge is 0.308 e. The number of nitro groups is 1. The zero-order valence-corrected chi connectivity index (χ0v) is 19.0. The molecule has 35 heavy (non-hydrogen) atoms. The molecule has 3 aromatic carbocycles. The molecule has 0 atom stereocenters. The first-order valence-corrected chi connectivity index (χ1v) is 11.3. The van der Waals surface area contributed by atoms with Crippen molar-refractivity contribution < 1.29 is 29.8 Å². The number of thiophene rings is 1. The SMILES string of the molecule is O=C(O)Cc1ccc(-c2ccccc2CC(=O)c2cccc(-c3cc(O)c(O)cc3[N+](=O)[O-])c2)s1. The average Bonchev–Trinajstić information content (AvgIpc) is 3.28. The largest absolute Gasteiger partial charge is 0.504 e. The van der Waals surface area contributed by atoms with Crippen molar-refractivity contribution in [2.75, 3.05) is 0 Å². The Labute approximate surface area is 203 Å². The van der Waals surface area contributed by atoms with Gasteiger partial charge in [0.05, 0.1) is 23.0 Å². The summed E-state index contributed by atoms with van der Waals surface area (Å²) in [7, 11) is 0. The lowest BCUT2D eigenvalue weighted by Gasteiger charge is -2.10. The van der Waals surface area contributed by atoms with Gasteiger partial charge in [-0.3, -0.25) is 19.7 Å². The second kappa shape index (κ2) is 9.78. The molecule has 3 N–H and O–H groups in total. The molecule has 1 heterocycles. The summed E-state index contributed by atoms with van der Waals surface area (Å²) in [6, 6.07) is 19.2. The van der Waals surface area contributed by atoms with E-state index in [1.165, 1.54) is 17.4 Å². The highest BCUT2D eigenvalue weighted by molar-refractivity contribution is 7.15. The second-order valence-corrected chi connectivity index (χ2v) is 8.96. The quantitative estimate of drug-likeness (QED) is 0.129. The standard InChI is InChI=1S/C26H19NO7S/c28-22(11-16-4-1-2-7-19(16)25-9-8-18(35-25)12-26(31)32)17-6-3-5-15(10-17)20-13-23(29)24(30)14-21(20)27(33)34/h1-10,13-14,29-30H,11-12H2,(H,31,32). The van der Waals surface area contributed by atoms with Crippen LogP contribution in [0.4, 0.5) is 5.69 Å². The first kappa shape index (κ1) is 23.7. The molecule has 8 nitrogen and oxygen atoms in total. The Kier molecular flexibility index (Phi) is 6.61. The van der Waals surface area contributed by atoms with Crippen LogP contribution in [0.25, 0.3) is 21.6 Å². The second-order valence-electron chi connectivity index (χ2n) is 7.79. The fraction of sp³-hybridized carbons (Fsp3) is 0.0769. The topological polar surface area (TPSA) is 138 Å². The highest BCUT2D eigenvalue weighted by atomic mass is 32.1. The van der Waals surface area contributed by atoms with Gasteiger partial charge in [0.15, 0.2) is 17.3 Å². The summed E-state index contributed by atoms with van der Waals surface area (Å²) in [4.78, 5) is 36.5. The summed E-state index contributed by atoms with van der Waals surface area (Å²) < 4.78 is 0. The molecular weight excluding hydrogens is 470 g/mol. The van der Waals surface area contributed by atoms with E-state index in [0.29, 0.717) is 16.0 Å². The molecule has 0 saturated heterocycles. The molecule has 0 fully saturated rings. The normalized spacial score (nSPS) is 10.7. The van der Waals surface area contributed by atoms with Gasteiger partial charge in [0, 0.05) is 21.7 Å². The maximum absolute atomic E-state index is 13.2. The van der Waals surface area contributed by atoms with Gasteiger partial charge in [0.1, 0.15) is 0 Å². The van der Waals surface area contributed by atoms with Crippen LogP contribution in [0, 0.1) is 10.1 Å². The summed E-state index contributed by atoms with van der Waals surface area (Å²) in [6.07, 6.45) is -0.00772. The fourth-order valence-electron chi connectivity index (χ4n) is 3.76. The number of hydrogen-bond donors (Lipinski definition) is 3. The Hall–Kier alpha value is -4.50. The van der Waals surface area contributed by atoms with Crippen LogP contribution in [0.15, 0.2) is 72.8 Å². The average molecular weight is 490 g/mol. The summed E-state index contributed by atoms with van der Waals surface area (Å²) >= 11 is 1.36. The van der Waals surface area contributed by atoms with Crippen LogP contribution in [-0.4, -0.2) is 32.0 Å². The molecule has 4 rings (SSSR count). The number of nitro benzene ring substituents is 1. The highest BCUT2D eigenvalue weighted by Gasteiger charge is 2.21. The third-order valence-electron chi connectivity index (χ3n) is 5.41. The molecule has 0 amide bonds. The first-order valence-electron chi connectivity index (χ1n) is 10.5. The maximum atomic E-state index is 13.2. The van der Waals surface area contributed by atoms with Crippen LogP contribution in [0.2, 0.25) is 0 Å². The molecule has 0 spiro atoms. The van der Waals surface area contributed by atoms with Crippen molar-refractivity contribution >= 4 is 28.8 Å². The van der Waals surface area contributed by atoms with Gasteiger partial charge in [-0.25, -0.2) is 0 Å². The number of hydrogen-bond acceptors (Lipinski definition) is 7. The summed E-state index contributed by atoms with van der Waals surface area (Å²) in [5.41, 5.74) is 1.95. The van der Waals surface area contributed by atoms with E-state index in [-0.39, 0.29) is 24.2 Å². The Morgan fingerprint density at radius 2 is 1.60 bits per heavy atom. The Balaban J connectivity index is 1.65. The Bertz CT molecular complexity index is 1460. The van der Waals surface area contributed by atoms with Crippen LogP contribution in [0.5, 0.6) is 11.5 Å². The number of aromatic hydroxyl groups is 2. The van der Waals surface area contributed by atoms with Gasteiger partial charge in [-0.2, -0.15) is 0 Å². The number of carbonyl (C=O) groups excluding carboxylic acids is 1. The van der Waals surface area contributed by atoms with Gasteiger partial charge in [0.2, 0.25) is 0 Å². The molecule has 0 unspecified atom stereocenters. The van der Waals surface area contributed by atoms with Gasteiger partial charge < -0.3 is 15.3 Å². The van der Waals surface area contributed by atoms with Crippen LogP contribution in [0.1, 0.15) is 20.8 Å². The number of Topliss-reactive ketones (excluding diaryl/α,β-unsaturated/α-hetero) is 1. The van der Waals surface area contributed by atoms with Crippen LogP contribution in [0.3, 0.4) is 0 Å². The Morgan fingerprint density at radius 1 is 0.857 bits per heavy atom. The molecule has 0 aliphatic heterocycles. The maximum Gasteiger partial charge on any atom is 0.308 e. The van der Waals surface area contributed by atoms with E-state index < -0.39 is 28.1 Å². The molecule has 4 aromatic rings. The number of carbonyl (C=O) groups is 2. The number of aliphatic carboxylic acids is 1. The minimum atomic E-state index is -0.913. The lowest BCUT2D eigenvalue weighted by molar-refractivity contribution is -0.384. The number of phenols is 2. The number of phenolic OH excluding ortho intramolecular Hbond substituents is 2. The minimum absolute atomic E-state index is 0.0642. The number of ketones is 1. The summed E-state index contributed by atoms with van der Waals surface area (Å²) in [5.74, 6) is -2.24. The van der Waals surface area contributed by atoms with Gasteiger partial charge in [0.25, 0.3) is 5.69 Å². The molecule has 0 aliphatic rings. The fourth-order valence-corrected chi connectivity index (χ4v) is 4.82. The van der Waals surface area contributed by atoms with E-state index in [4.69, 9.17) is 5.11 Å². The predicted octanol–water partition coefficient (Wildman–Crippen LogP) is 5.45. The van der Waals surface area contributed by atoms with Crippen LogP contribution < -0.4 is 0 Å². The lowest BCUT2D eigenvalue weighted by Crippen LogP contribution is -2.05. The van der Waals surface area contributed by atoms with E-state index >= 15 is 0 Å². The van der Waals surface area contributed by atoms with E-state index in [0.717, 1.165) is 28.1 Å². The molecule has 9 heteroatoms. The molecule has 176 valence electrons. The van der Waals surface area contributed by atoms with Crippen molar-refractivity contribution in [3.8, 4) is 33.1 Å². The van der Waals surface area contributed by atoms with Gasteiger partial charge in [-0.05, 0) is 41.0 Å². The Morgan fingerprint density at radius 3 is 2.34 bits per heavy atom. The van der Waals surface area contributed by atoms with Crippen molar-refractivity contribution in [1.82, 2.24) is 0 Å². The lowest BCUT2D eigenvalue weighted by atomic mass is 9.95. The zero-order chi connectivity index (χ0) is 25.1. The monoisotopic (exact) mass is 489 g/mol. The number of carboxylic acids is 1. The zero-order valence-electron chi connectivity index (χ0n) is 18.2. The predicted molar refractivity (Wildman–Crippen MR) is 131 cm³/mol. The number of carboxylic acid groups (broad SMARTS) is 1. The third-order valence-corrected chi connectivity index (χ3v) is 6.52. The number of rotatable bonds is 8.